The largest absolute Gasteiger partial charge is 0.467 e. The average Bonchev–Trinajstić information content (AvgIpc) is 2.67. The van der Waals surface area contributed by atoms with Crippen LogP contribution in [0, 0.1) is 0 Å². The highest BCUT2D eigenvalue weighted by molar-refractivity contribution is 7.74. The summed E-state index contributed by atoms with van der Waals surface area (Å²) in [7, 11) is -1.71. The van der Waals surface area contributed by atoms with Gasteiger partial charge in [0.25, 0.3) is 0 Å². The summed E-state index contributed by atoms with van der Waals surface area (Å²) < 4.78 is 28.7. The number of carbonyl (C=O) groups is 1. The number of methoxy groups -OCH3 is 1. The van der Waals surface area contributed by atoms with Gasteiger partial charge in [-0.2, -0.15) is 0 Å². The molecule has 0 spiro atoms. The molecule has 7 nitrogen and oxygen atoms in total. The predicted octanol–water partition coefficient (Wildman–Crippen LogP) is 0.154. The third-order valence-corrected chi connectivity index (χ3v) is 4.91. The third-order valence-electron chi connectivity index (χ3n) is 3.03. The highest BCUT2D eigenvalue weighted by Gasteiger charge is 2.52. The topological polar surface area (TPSA) is 103 Å². The molecule has 2 N–H and O–H groups in total. The number of thiol groups is 1. The second-order valence-corrected chi connectivity index (χ2v) is 5.88. The van der Waals surface area contributed by atoms with Gasteiger partial charge < -0.3 is 10.5 Å². The third kappa shape index (κ3) is 1.93. The summed E-state index contributed by atoms with van der Waals surface area (Å²) in [6, 6.07) is 0. The van der Waals surface area contributed by atoms with Crippen LogP contribution in [0.4, 0.5) is 10.1 Å². The predicted molar refractivity (Wildman–Crippen MR) is 67.9 cm³/mol. The minimum Gasteiger partial charge on any atom is -0.467 e. The molecule has 9 heteroatoms. The van der Waals surface area contributed by atoms with Crippen LogP contribution in [-0.4, -0.2) is 32.0 Å². The number of nitrogen functional groups attached to an aromatic ring is 1. The van der Waals surface area contributed by atoms with Gasteiger partial charge in [-0.15, -0.1) is 0 Å². The molecule has 1 aromatic heterocycles. The maximum atomic E-state index is 11.9. The van der Waals surface area contributed by atoms with Crippen molar-refractivity contribution in [2.75, 3.05) is 17.1 Å². The van der Waals surface area contributed by atoms with E-state index in [1.165, 1.54) is 13.3 Å². The molecule has 100 valence electrons. The van der Waals surface area contributed by atoms with Crippen LogP contribution < -0.4 is 10.0 Å². The Morgan fingerprint density at radius 3 is 2.61 bits per heavy atom. The van der Waals surface area contributed by atoms with Crippen LogP contribution in [0.1, 0.15) is 19.3 Å². The van der Waals surface area contributed by atoms with Crippen LogP contribution in [-0.2, 0) is 20.4 Å². The number of rotatable bonds is 4. The molecule has 1 aromatic rings. The smallest absolute Gasteiger partial charge is 0.332 e. The van der Waals surface area contributed by atoms with Crippen LogP contribution >= 0.6 is 11.3 Å². The molecule has 0 saturated heterocycles. The maximum absolute atomic E-state index is 11.9. The fourth-order valence-corrected chi connectivity index (χ4v) is 3.84. The molecule has 0 radical (unpaired) electrons. The van der Waals surface area contributed by atoms with Gasteiger partial charge in [-0.25, -0.2) is 22.5 Å². The number of thiazole rings is 1. The lowest BCUT2D eigenvalue weighted by molar-refractivity contribution is -0.149. The molecule has 0 aromatic carbocycles. The SMILES string of the molecule is COC(=O)C1(N(c2cnc(N)s2)[SH](=O)=O)CCC1. The fourth-order valence-electron chi connectivity index (χ4n) is 2.03. The van der Waals surface area contributed by atoms with Gasteiger partial charge >= 0.3 is 5.97 Å². The van der Waals surface area contributed by atoms with Gasteiger partial charge in [0.2, 0.25) is 10.9 Å². The van der Waals surface area contributed by atoms with E-state index in [0.717, 1.165) is 22.1 Å². The van der Waals surface area contributed by atoms with E-state index >= 15 is 0 Å². The Morgan fingerprint density at radius 2 is 2.28 bits per heavy atom. The molecule has 0 amide bonds. The highest BCUT2D eigenvalue weighted by atomic mass is 32.2. The molecule has 1 aliphatic carbocycles. The number of hydrogen-bond donors (Lipinski definition) is 2. The van der Waals surface area contributed by atoms with E-state index < -0.39 is 22.4 Å². The summed E-state index contributed by atoms with van der Waals surface area (Å²) in [5, 5.41) is 0.597. The van der Waals surface area contributed by atoms with Gasteiger partial charge in [-0.1, -0.05) is 11.3 Å². The standard InChI is InChI=1S/C9H13N3O4S2/c1-16-7(13)9(3-2-4-9)12(18(14)15)6-5-11-8(10)17-6/h5,18H,2-4H2,1H3,(H2,10,11). The highest BCUT2D eigenvalue weighted by Crippen LogP contribution is 2.43. The van der Waals surface area contributed by atoms with Crippen molar-refractivity contribution in [3.05, 3.63) is 6.20 Å². The van der Waals surface area contributed by atoms with Crippen LogP contribution in [0.5, 0.6) is 0 Å². The lowest BCUT2D eigenvalue weighted by Gasteiger charge is -2.44. The lowest BCUT2D eigenvalue weighted by Crippen LogP contribution is -2.59. The van der Waals surface area contributed by atoms with E-state index in [0.29, 0.717) is 17.8 Å². The second-order valence-electron chi connectivity index (χ2n) is 3.96. The summed E-state index contributed by atoms with van der Waals surface area (Å²) in [6.45, 7) is 0. The number of esters is 1. The number of carbonyl (C=O) groups excluding carboxylic acids is 1. The summed E-state index contributed by atoms with van der Waals surface area (Å²) in [5.74, 6) is -0.542. The van der Waals surface area contributed by atoms with Crippen molar-refractivity contribution in [2.24, 2.45) is 0 Å². The second kappa shape index (κ2) is 4.73. The lowest BCUT2D eigenvalue weighted by atomic mass is 9.77. The van der Waals surface area contributed by atoms with E-state index in [-0.39, 0.29) is 5.13 Å². The number of ether oxygens (including phenoxy) is 1. The molecule has 18 heavy (non-hydrogen) atoms. The first kappa shape index (κ1) is 13.1. The van der Waals surface area contributed by atoms with Gasteiger partial charge in [-0.05, 0) is 19.3 Å². The van der Waals surface area contributed by atoms with E-state index in [4.69, 9.17) is 10.5 Å². The Morgan fingerprint density at radius 1 is 1.61 bits per heavy atom. The van der Waals surface area contributed by atoms with Gasteiger partial charge in [-0.3, -0.25) is 0 Å². The average molecular weight is 291 g/mol. The van der Waals surface area contributed by atoms with Gasteiger partial charge in [0.1, 0.15) is 5.00 Å². The zero-order valence-electron chi connectivity index (χ0n) is 9.66. The Kier molecular flexibility index (Phi) is 3.44. The monoisotopic (exact) mass is 291 g/mol. The van der Waals surface area contributed by atoms with E-state index in [1.807, 2.05) is 0 Å². The Labute approximate surface area is 110 Å². The normalized spacial score (nSPS) is 17.2. The van der Waals surface area contributed by atoms with Crippen LogP contribution in [0.2, 0.25) is 0 Å². The first-order valence-corrected chi connectivity index (χ1v) is 7.20. The maximum Gasteiger partial charge on any atom is 0.332 e. The van der Waals surface area contributed by atoms with Crippen molar-refractivity contribution in [3.63, 3.8) is 0 Å². The molecule has 1 heterocycles. The minimum absolute atomic E-state index is 0.256. The van der Waals surface area contributed by atoms with Crippen LogP contribution in [0.25, 0.3) is 0 Å². The molecule has 1 aliphatic rings. The molecule has 0 unspecified atom stereocenters. The zero-order valence-corrected chi connectivity index (χ0v) is 11.4. The number of hydrogen-bond acceptors (Lipinski definition) is 7. The van der Waals surface area contributed by atoms with E-state index in [9.17, 15) is 13.2 Å². The number of nitrogens with zero attached hydrogens (tertiary/aromatic N) is 2. The van der Waals surface area contributed by atoms with Crippen molar-refractivity contribution >= 4 is 38.3 Å². The number of aromatic nitrogens is 1. The van der Waals surface area contributed by atoms with Crippen molar-refractivity contribution in [1.82, 2.24) is 4.98 Å². The van der Waals surface area contributed by atoms with E-state index in [1.54, 1.807) is 0 Å². The van der Waals surface area contributed by atoms with Crippen molar-refractivity contribution in [1.29, 1.82) is 0 Å². The minimum atomic E-state index is -2.96. The summed E-state index contributed by atoms with van der Waals surface area (Å²) >= 11 is 1.03. The first-order chi connectivity index (χ1) is 8.51. The van der Waals surface area contributed by atoms with E-state index in [2.05, 4.69) is 4.98 Å². The Hall–Kier alpha value is -1.35. The first-order valence-electron chi connectivity index (χ1n) is 5.25. The summed E-state index contributed by atoms with van der Waals surface area (Å²) in [6.07, 6.45) is 3.03. The van der Waals surface area contributed by atoms with Crippen LogP contribution in [0.15, 0.2) is 6.20 Å². The van der Waals surface area contributed by atoms with Gasteiger partial charge in [0, 0.05) is 0 Å². The molecule has 0 atom stereocenters. The molecule has 1 fully saturated rings. The van der Waals surface area contributed by atoms with Gasteiger partial charge in [0.15, 0.2) is 10.7 Å². The Bertz CT molecular complexity index is 528. The molecule has 0 bridgehead atoms. The summed E-state index contributed by atoms with van der Waals surface area (Å²) in [4.78, 5) is 15.7. The van der Waals surface area contributed by atoms with Gasteiger partial charge in [0.05, 0.1) is 13.3 Å². The number of nitrogens with two attached hydrogens (primary N) is 1. The Balaban J connectivity index is 2.44. The van der Waals surface area contributed by atoms with Crippen LogP contribution in [0.3, 0.4) is 0 Å². The quantitative estimate of drug-likeness (QED) is 0.605. The fraction of sp³-hybridized carbons (Fsp3) is 0.556. The molecule has 1 saturated carbocycles. The van der Waals surface area contributed by atoms with Crippen molar-refractivity contribution in [3.8, 4) is 0 Å². The van der Waals surface area contributed by atoms with Crippen molar-refractivity contribution in [2.45, 2.75) is 24.8 Å². The molecular formula is C9H13N3O4S2. The zero-order chi connectivity index (χ0) is 13.3. The van der Waals surface area contributed by atoms with Crippen molar-refractivity contribution < 1.29 is 17.9 Å². The number of anilines is 2. The molecular weight excluding hydrogens is 278 g/mol. The molecule has 0 aliphatic heterocycles. The summed E-state index contributed by atoms with van der Waals surface area (Å²) in [5.41, 5.74) is 4.37. The molecule has 2 rings (SSSR count).